The van der Waals surface area contributed by atoms with Crippen LogP contribution in [0.4, 0.5) is 29.2 Å². The largest absolute Gasteiger partial charge is 0.497 e. The lowest BCUT2D eigenvalue weighted by molar-refractivity contribution is 0.122. The lowest BCUT2D eigenvalue weighted by atomic mass is 10.1. The predicted molar refractivity (Wildman–Crippen MR) is 209 cm³/mol. The molecule has 1 saturated heterocycles. The van der Waals surface area contributed by atoms with E-state index in [2.05, 4.69) is 87.0 Å². The molecule has 0 amide bonds. The minimum Gasteiger partial charge on any atom is -0.497 e. The molecule has 2 aromatic carbocycles. The van der Waals surface area contributed by atoms with Gasteiger partial charge in [-0.3, -0.25) is 0 Å². The van der Waals surface area contributed by atoms with Gasteiger partial charge in [0.25, 0.3) is 0 Å². The van der Waals surface area contributed by atoms with Crippen LogP contribution in [0.3, 0.4) is 0 Å². The van der Waals surface area contributed by atoms with Crippen molar-refractivity contribution in [1.82, 2.24) is 29.8 Å². The number of hydrogen-bond acceptors (Lipinski definition) is 13. The second-order valence-electron chi connectivity index (χ2n) is 13.6. The molecule has 0 saturated carbocycles. The van der Waals surface area contributed by atoms with Gasteiger partial charge in [0.05, 0.1) is 33.1 Å². The highest BCUT2D eigenvalue weighted by Crippen LogP contribution is 2.40. The number of fused-ring (bicyclic) bond motifs is 1. The van der Waals surface area contributed by atoms with Crippen molar-refractivity contribution in [3.8, 4) is 22.8 Å². The highest BCUT2D eigenvalue weighted by atomic mass is 16.5. The predicted octanol–water partition coefficient (Wildman–Crippen LogP) is 5.08. The maximum Gasteiger partial charge on any atom is 0.228 e. The van der Waals surface area contributed by atoms with E-state index in [0.29, 0.717) is 38.2 Å². The van der Waals surface area contributed by atoms with Gasteiger partial charge in [-0.05, 0) is 62.0 Å². The van der Waals surface area contributed by atoms with Crippen molar-refractivity contribution >= 4 is 29.2 Å². The average molecular weight is 717 g/mol. The fraction of sp³-hybridized carbons (Fsp3) is 0.375. The molecule has 13 heteroatoms. The highest BCUT2D eigenvalue weighted by Gasteiger charge is 2.30. The van der Waals surface area contributed by atoms with E-state index in [1.807, 2.05) is 42.9 Å². The molecule has 53 heavy (non-hydrogen) atoms. The summed E-state index contributed by atoms with van der Waals surface area (Å²) in [6.45, 7) is 6.58. The van der Waals surface area contributed by atoms with Crippen molar-refractivity contribution < 1.29 is 14.2 Å². The summed E-state index contributed by atoms with van der Waals surface area (Å²) in [5.41, 5.74) is 6.11. The molecule has 2 aliphatic heterocycles. The van der Waals surface area contributed by atoms with Gasteiger partial charge in [0.1, 0.15) is 23.1 Å². The number of rotatable bonds is 14. The number of anilines is 5. The van der Waals surface area contributed by atoms with Crippen LogP contribution in [-0.2, 0) is 24.2 Å². The third-order valence-electron chi connectivity index (χ3n) is 9.68. The van der Waals surface area contributed by atoms with E-state index in [4.69, 9.17) is 34.1 Å². The van der Waals surface area contributed by atoms with Gasteiger partial charge in [-0.2, -0.15) is 4.98 Å². The van der Waals surface area contributed by atoms with Crippen LogP contribution in [0.1, 0.15) is 16.7 Å². The van der Waals surface area contributed by atoms with Gasteiger partial charge in [0.15, 0.2) is 0 Å². The third-order valence-corrected chi connectivity index (χ3v) is 9.68. The maximum absolute atomic E-state index is 5.67. The SMILES string of the molecule is COc1ccc(CN(Cc2ccc(OC)cc2)c2ncc(-c3nc(N4CCOCC4)nc4c3CCN4c3ccnc(N(C)CCN(C)C)c3)cn2)cc1. The van der Waals surface area contributed by atoms with Crippen molar-refractivity contribution in [2.24, 2.45) is 0 Å². The van der Waals surface area contributed by atoms with Crippen molar-refractivity contribution in [2.75, 3.05) is 101 Å². The Morgan fingerprint density at radius 3 is 2.00 bits per heavy atom. The number of likely N-dealkylation sites (N-methyl/N-ethyl adjacent to an activating group) is 2. The Hall–Kier alpha value is -5.53. The molecule has 276 valence electrons. The topological polar surface area (TPSA) is 108 Å². The van der Waals surface area contributed by atoms with Gasteiger partial charge in [-0.25, -0.2) is 19.9 Å². The molecule has 0 aliphatic carbocycles. The van der Waals surface area contributed by atoms with Crippen LogP contribution in [0, 0.1) is 0 Å². The van der Waals surface area contributed by atoms with Crippen LogP contribution >= 0.6 is 0 Å². The Kier molecular flexibility index (Phi) is 11.1. The van der Waals surface area contributed by atoms with Crippen LogP contribution in [0.5, 0.6) is 11.5 Å². The molecule has 0 spiro atoms. The summed E-state index contributed by atoms with van der Waals surface area (Å²) in [4.78, 5) is 36.0. The second-order valence-corrected chi connectivity index (χ2v) is 13.6. The zero-order valence-corrected chi connectivity index (χ0v) is 31.3. The summed E-state index contributed by atoms with van der Waals surface area (Å²) in [5.74, 6) is 4.80. The normalized spacial score (nSPS) is 14.0. The van der Waals surface area contributed by atoms with E-state index in [0.717, 1.165) is 95.9 Å². The molecule has 7 rings (SSSR count). The molecule has 5 heterocycles. The summed E-state index contributed by atoms with van der Waals surface area (Å²) in [6.07, 6.45) is 6.48. The molecule has 0 atom stereocenters. The summed E-state index contributed by atoms with van der Waals surface area (Å²) >= 11 is 0. The summed E-state index contributed by atoms with van der Waals surface area (Å²) in [7, 11) is 9.61. The molecule has 3 aromatic heterocycles. The quantitative estimate of drug-likeness (QED) is 0.153. The van der Waals surface area contributed by atoms with Crippen molar-refractivity contribution in [3.63, 3.8) is 0 Å². The van der Waals surface area contributed by atoms with Crippen LogP contribution in [0.15, 0.2) is 79.3 Å². The number of morpholine rings is 1. The van der Waals surface area contributed by atoms with Crippen molar-refractivity contribution in [1.29, 1.82) is 0 Å². The van der Waals surface area contributed by atoms with Gasteiger partial charge in [0, 0.05) is 94.3 Å². The first-order valence-corrected chi connectivity index (χ1v) is 18.0. The second kappa shape index (κ2) is 16.4. The fourth-order valence-electron chi connectivity index (χ4n) is 6.59. The van der Waals surface area contributed by atoms with E-state index in [1.165, 1.54) is 0 Å². The molecule has 1 fully saturated rings. The zero-order chi connectivity index (χ0) is 36.7. The molecule has 0 N–H and O–H groups in total. The Morgan fingerprint density at radius 1 is 0.755 bits per heavy atom. The fourth-order valence-corrected chi connectivity index (χ4v) is 6.59. The monoisotopic (exact) mass is 716 g/mol. The van der Waals surface area contributed by atoms with Crippen LogP contribution in [0.2, 0.25) is 0 Å². The van der Waals surface area contributed by atoms with E-state index in [-0.39, 0.29) is 0 Å². The van der Waals surface area contributed by atoms with E-state index in [1.54, 1.807) is 14.2 Å². The number of hydrogen-bond donors (Lipinski definition) is 0. The van der Waals surface area contributed by atoms with Gasteiger partial charge in [0.2, 0.25) is 11.9 Å². The number of pyridine rings is 1. The summed E-state index contributed by atoms with van der Waals surface area (Å²) in [6, 6.07) is 20.4. The maximum atomic E-state index is 5.67. The minimum absolute atomic E-state index is 0.618. The van der Waals surface area contributed by atoms with Gasteiger partial charge in [-0.1, -0.05) is 24.3 Å². The number of benzene rings is 2. The first-order chi connectivity index (χ1) is 25.9. The summed E-state index contributed by atoms with van der Waals surface area (Å²) in [5, 5.41) is 0. The van der Waals surface area contributed by atoms with E-state index >= 15 is 0 Å². The molecular weight excluding hydrogens is 669 g/mol. The molecule has 5 aromatic rings. The van der Waals surface area contributed by atoms with Gasteiger partial charge in [-0.15, -0.1) is 0 Å². The minimum atomic E-state index is 0.618. The van der Waals surface area contributed by atoms with Crippen LogP contribution < -0.4 is 29.1 Å². The van der Waals surface area contributed by atoms with E-state index in [9.17, 15) is 0 Å². The van der Waals surface area contributed by atoms with Crippen molar-refractivity contribution in [3.05, 3.63) is 95.9 Å². The van der Waals surface area contributed by atoms with Gasteiger partial charge < -0.3 is 38.7 Å². The number of nitrogens with zero attached hydrogens (tertiary/aromatic N) is 10. The lowest BCUT2D eigenvalue weighted by Gasteiger charge is -2.28. The smallest absolute Gasteiger partial charge is 0.228 e. The Bertz CT molecular complexity index is 1900. The first kappa shape index (κ1) is 35.9. The molecule has 0 bridgehead atoms. The molecular formula is C40H48N10O3. The highest BCUT2D eigenvalue weighted by molar-refractivity contribution is 5.77. The van der Waals surface area contributed by atoms with Gasteiger partial charge >= 0.3 is 0 Å². The Morgan fingerprint density at radius 2 is 1.40 bits per heavy atom. The number of methoxy groups -OCH3 is 2. The molecule has 0 radical (unpaired) electrons. The molecule has 0 unspecified atom stereocenters. The number of ether oxygens (including phenoxy) is 3. The number of aromatic nitrogens is 5. The summed E-state index contributed by atoms with van der Waals surface area (Å²) < 4.78 is 16.5. The average Bonchev–Trinajstić information content (AvgIpc) is 3.64. The first-order valence-electron chi connectivity index (χ1n) is 18.0. The van der Waals surface area contributed by atoms with Crippen LogP contribution in [-0.4, -0.2) is 111 Å². The lowest BCUT2D eigenvalue weighted by Crippen LogP contribution is -2.37. The molecule has 13 nitrogen and oxygen atoms in total. The van der Waals surface area contributed by atoms with E-state index < -0.39 is 0 Å². The third kappa shape index (κ3) is 8.42. The standard InChI is InChI=1S/C40H48N10O3/c1-46(2)18-19-47(3)36-24-32(14-16-41-36)50-17-15-35-37(44-40(45-38(35)50)48-20-22-53-23-21-48)31-25-42-39(43-26-31)49(27-29-6-10-33(51-4)11-7-29)28-30-8-12-34(52-5)13-9-30/h6-14,16,24-26H,15,17-23,27-28H2,1-5H3. The Balaban J connectivity index is 1.22. The Labute approximate surface area is 311 Å². The van der Waals surface area contributed by atoms with Crippen molar-refractivity contribution in [2.45, 2.75) is 19.5 Å². The zero-order valence-electron chi connectivity index (χ0n) is 31.3. The van der Waals surface area contributed by atoms with Crippen LogP contribution in [0.25, 0.3) is 11.3 Å². The molecule has 2 aliphatic rings.